The van der Waals surface area contributed by atoms with Crippen LogP contribution < -0.4 is 5.32 Å². The van der Waals surface area contributed by atoms with E-state index >= 15 is 0 Å². The van der Waals surface area contributed by atoms with E-state index in [0.717, 1.165) is 19.4 Å². The predicted molar refractivity (Wildman–Crippen MR) is 80.1 cm³/mol. The number of nitrogens with one attached hydrogen (secondary N) is 1. The summed E-state index contributed by atoms with van der Waals surface area (Å²) in [4.78, 5) is 12.1. The SMILES string of the molecule is CCNC(C)(CC(C)SC(C)CC)C(=O)OCC. The molecule has 0 heterocycles. The number of esters is 1. The summed E-state index contributed by atoms with van der Waals surface area (Å²) >= 11 is 1.94. The molecule has 3 atom stereocenters. The molecule has 4 heteroatoms. The molecule has 0 aromatic carbocycles. The zero-order chi connectivity index (χ0) is 14.2. The number of carbonyl (C=O) groups excluding carboxylic acids is 1. The maximum absolute atomic E-state index is 12.1. The van der Waals surface area contributed by atoms with Gasteiger partial charge in [0.2, 0.25) is 0 Å². The minimum absolute atomic E-state index is 0.136. The van der Waals surface area contributed by atoms with E-state index in [-0.39, 0.29) is 5.97 Å². The smallest absolute Gasteiger partial charge is 0.326 e. The van der Waals surface area contributed by atoms with Gasteiger partial charge in [0.25, 0.3) is 0 Å². The van der Waals surface area contributed by atoms with Crippen LogP contribution in [-0.2, 0) is 9.53 Å². The third kappa shape index (κ3) is 6.10. The van der Waals surface area contributed by atoms with Crippen LogP contribution in [0.5, 0.6) is 0 Å². The minimum atomic E-state index is -0.565. The number of hydrogen-bond donors (Lipinski definition) is 1. The molecular formula is C14H29NO2S. The average molecular weight is 275 g/mol. The maximum atomic E-state index is 12.1. The Bertz CT molecular complexity index is 248. The highest BCUT2D eigenvalue weighted by Gasteiger charge is 2.35. The molecule has 0 amide bonds. The quantitative estimate of drug-likeness (QED) is 0.656. The molecule has 0 aromatic rings. The van der Waals surface area contributed by atoms with Gasteiger partial charge in [-0.2, -0.15) is 11.8 Å². The van der Waals surface area contributed by atoms with Crippen LogP contribution >= 0.6 is 11.8 Å². The fraction of sp³-hybridized carbons (Fsp3) is 0.929. The maximum Gasteiger partial charge on any atom is 0.326 e. The lowest BCUT2D eigenvalue weighted by Crippen LogP contribution is -2.51. The predicted octanol–water partition coefficient (Wildman–Crippen LogP) is 3.23. The Morgan fingerprint density at radius 3 is 2.33 bits per heavy atom. The average Bonchev–Trinajstić information content (AvgIpc) is 2.29. The van der Waals surface area contributed by atoms with Gasteiger partial charge in [0, 0.05) is 10.5 Å². The highest BCUT2D eigenvalue weighted by atomic mass is 32.2. The molecule has 18 heavy (non-hydrogen) atoms. The third-order valence-electron chi connectivity index (χ3n) is 3.03. The Hall–Kier alpha value is -0.220. The Balaban J connectivity index is 4.54. The number of hydrogen-bond acceptors (Lipinski definition) is 4. The van der Waals surface area contributed by atoms with Crippen molar-refractivity contribution in [2.45, 2.75) is 70.4 Å². The second-order valence-corrected chi connectivity index (χ2v) is 6.83. The minimum Gasteiger partial charge on any atom is -0.465 e. The summed E-state index contributed by atoms with van der Waals surface area (Å²) in [5, 5.41) is 4.35. The highest BCUT2D eigenvalue weighted by Crippen LogP contribution is 2.27. The summed E-state index contributed by atoms with van der Waals surface area (Å²) in [6, 6.07) is 0. The Labute approximate surface area is 116 Å². The van der Waals surface area contributed by atoms with Crippen molar-refractivity contribution in [1.82, 2.24) is 5.32 Å². The van der Waals surface area contributed by atoms with Gasteiger partial charge in [-0.05, 0) is 33.2 Å². The number of carbonyl (C=O) groups is 1. The van der Waals surface area contributed by atoms with E-state index < -0.39 is 5.54 Å². The Morgan fingerprint density at radius 2 is 1.89 bits per heavy atom. The molecule has 0 spiro atoms. The van der Waals surface area contributed by atoms with Gasteiger partial charge in [-0.1, -0.05) is 27.7 Å². The normalized spacial score (nSPS) is 17.9. The fourth-order valence-corrected chi connectivity index (χ4v) is 3.44. The summed E-state index contributed by atoms with van der Waals surface area (Å²) in [7, 11) is 0. The van der Waals surface area contributed by atoms with Gasteiger partial charge in [0.15, 0.2) is 0 Å². The van der Waals surface area contributed by atoms with Gasteiger partial charge in [-0.25, -0.2) is 0 Å². The zero-order valence-corrected chi connectivity index (χ0v) is 13.5. The van der Waals surface area contributed by atoms with Crippen LogP contribution in [0.2, 0.25) is 0 Å². The van der Waals surface area contributed by atoms with Crippen molar-refractivity contribution in [3.05, 3.63) is 0 Å². The lowest BCUT2D eigenvalue weighted by molar-refractivity contribution is -0.150. The van der Waals surface area contributed by atoms with Crippen LogP contribution in [0.3, 0.4) is 0 Å². The number of ether oxygens (including phenoxy) is 1. The molecule has 0 aliphatic heterocycles. The molecule has 0 aliphatic rings. The van der Waals surface area contributed by atoms with Gasteiger partial charge in [0.05, 0.1) is 6.61 Å². The summed E-state index contributed by atoms with van der Waals surface area (Å²) in [5.41, 5.74) is -0.565. The first-order valence-corrected chi connectivity index (χ1v) is 7.91. The van der Waals surface area contributed by atoms with E-state index in [9.17, 15) is 4.79 Å². The highest BCUT2D eigenvalue weighted by molar-refractivity contribution is 8.00. The van der Waals surface area contributed by atoms with E-state index in [1.165, 1.54) is 0 Å². The Morgan fingerprint density at radius 1 is 1.28 bits per heavy atom. The van der Waals surface area contributed by atoms with Crippen LogP contribution in [-0.4, -0.2) is 35.2 Å². The molecule has 0 rings (SSSR count). The van der Waals surface area contributed by atoms with Crippen LogP contribution in [0.15, 0.2) is 0 Å². The van der Waals surface area contributed by atoms with Crippen LogP contribution in [0, 0.1) is 0 Å². The number of rotatable bonds is 9. The molecular weight excluding hydrogens is 246 g/mol. The molecule has 108 valence electrons. The van der Waals surface area contributed by atoms with E-state index in [1.54, 1.807) is 0 Å². The molecule has 1 N–H and O–H groups in total. The van der Waals surface area contributed by atoms with Crippen molar-refractivity contribution in [3.63, 3.8) is 0 Å². The molecule has 0 fully saturated rings. The monoisotopic (exact) mass is 275 g/mol. The second kappa shape index (κ2) is 8.81. The Kier molecular flexibility index (Phi) is 8.70. The standard InChI is InChI=1S/C14H29NO2S/c1-7-11(4)18-12(5)10-14(6,15-8-2)13(16)17-9-3/h11-12,15H,7-10H2,1-6H3. The first-order valence-electron chi connectivity index (χ1n) is 6.97. The van der Waals surface area contributed by atoms with Gasteiger partial charge in [-0.15, -0.1) is 0 Å². The van der Waals surface area contributed by atoms with E-state index in [0.29, 0.717) is 17.1 Å². The third-order valence-corrected chi connectivity index (χ3v) is 4.46. The van der Waals surface area contributed by atoms with Crippen LogP contribution in [0.4, 0.5) is 0 Å². The second-order valence-electron chi connectivity index (χ2n) is 4.95. The number of thioether (sulfide) groups is 1. The van der Waals surface area contributed by atoms with Gasteiger partial charge in [-0.3, -0.25) is 4.79 Å². The number of likely N-dealkylation sites (N-methyl/N-ethyl adjacent to an activating group) is 1. The molecule has 0 aromatic heterocycles. The van der Waals surface area contributed by atoms with Gasteiger partial charge >= 0.3 is 5.97 Å². The molecule has 0 aliphatic carbocycles. The lowest BCUT2D eigenvalue weighted by atomic mass is 9.96. The fourth-order valence-electron chi connectivity index (χ4n) is 2.02. The van der Waals surface area contributed by atoms with Gasteiger partial charge < -0.3 is 10.1 Å². The van der Waals surface area contributed by atoms with Crippen molar-refractivity contribution in [1.29, 1.82) is 0 Å². The molecule has 0 saturated carbocycles. The summed E-state index contributed by atoms with van der Waals surface area (Å²) in [5.74, 6) is -0.136. The van der Waals surface area contributed by atoms with Crippen molar-refractivity contribution in [2.75, 3.05) is 13.2 Å². The molecule has 0 bridgehead atoms. The van der Waals surface area contributed by atoms with Crippen LogP contribution in [0.25, 0.3) is 0 Å². The van der Waals surface area contributed by atoms with Crippen LogP contribution in [0.1, 0.15) is 54.4 Å². The van der Waals surface area contributed by atoms with Crippen molar-refractivity contribution >= 4 is 17.7 Å². The molecule has 0 saturated heterocycles. The van der Waals surface area contributed by atoms with E-state index in [2.05, 4.69) is 26.1 Å². The van der Waals surface area contributed by atoms with Gasteiger partial charge in [0.1, 0.15) is 5.54 Å². The summed E-state index contributed by atoms with van der Waals surface area (Å²) < 4.78 is 5.18. The van der Waals surface area contributed by atoms with Crippen molar-refractivity contribution in [3.8, 4) is 0 Å². The zero-order valence-electron chi connectivity index (χ0n) is 12.7. The van der Waals surface area contributed by atoms with E-state index in [1.807, 2.05) is 32.5 Å². The molecule has 0 radical (unpaired) electrons. The first kappa shape index (κ1) is 17.8. The van der Waals surface area contributed by atoms with Crippen molar-refractivity contribution in [2.24, 2.45) is 0 Å². The largest absolute Gasteiger partial charge is 0.465 e. The molecule has 3 unspecified atom stereocenters. The van der Waals surface area contributed by atoms with Crippen molar-refractivity contribution < 1.29 is 9.53 Å². The summed E-state index contributed by atoms with van der Waals surface area (Å²) in [6.45, 7) is 13.6. The lowest BCUT2D eigenvalue weighted by Gasteiger charge is -2.31. The molecule has 3 nitrogen and oxygen atoms in total. The first-order chi connectivity index (χ1) is 8.39. The summed E-state index contributed by atoms with van der Waals surface area (Å²) in [6.07, 6.45) is 1.96. The van der Waals surface area contributed by atoms with E-state index in [4.69, 9.17) is 4.74 Å². The topological polar surface area (TPSA) is 38.3 Å².